The van der Waals surface area contributed by atoms with Crippen LogP contribution in [0.15, 0.2) is 47.0 Å². The predicted octanol–water partition coefficient (Wildman–Crippen LogP) is 4.88. The van der Waals surface area contributed by atoms with E-state index in [1.807, 2.05) is 0 Å². The van der Waals surface area contributed by atoms with Crippen LogP contribution in [0.5, 0.6) is 11.5 Å². The SMILES string of the molecule is CCS(=O)c1ncc(C(=O)c2c(OC)cc(F)c(F)c2F)c(N)n1.COc1cc(C(F)(F)F)ccc1C(=O)c1cnc(SC)nc1N. The highest BCUT2D eigenvalue weighted by Gasteiger charge is 2.32. The van der Waals surface area contributed by atoms with Crippen LogP contribution in [0.1, 0.15) is 44.3 Å². The van der Waals surface area contributed by atoms with Gasteiger partial charge in [-0.3, -0.25) is 13.8 Å². The van der Waals surface area contributed by atoms with Crippen LogP contribution in [0.2, 0.25) is 0 Å². The molecule has 0 saturated carbocycles. The number of alkyl halides is 3. The smallest absolute Gasteiger partial charge is 0.416 e. The number of carbonyl (C=O) groups is 2. The van der Waals surface area contributed by atoms with E-state index in [0.717, 1.165) is 31.5 Å². The average Bonchev–Trinajstić information content (AvgIpc) is 3.05. The Morgan fingerprint density at radius 1 is 0.872 bits per heavy atom. The summed E-state index contributed by atoms with van der Waals surface area (Å²) in [6, 6.07) is 3.17. The number of nitrogens with two attached hydrogens (primary N) is 2. The number of benzene rings is 2. The average molecular weight is 703 g/mol. The lowest BCUT2D eigenvalue weighted by atomic mass is 10.0. The molecule has 250 valence electrons. The molecule has 1 atom stereocenters. The number of methoxy groups -OCH3 is 2. The lowest BCUT2D eigenvalue weighted by molar-refractivity contribution is -0.137. The van der Waals surface area contributed by atoms with Crippen LogP contribution in [-0.2, 0) is 17.0 Å². The first-order valence-electron chi connectivity index (χ1n) is 12.8. The summed E-state index contributed by atoms with van der Waals surface area (Å²) in [6.07, 6.45) is -0.590. The molecular weight excluding hydrogens is 678 g/mol. The topological polar surface area (TPSA) is 173 Å². The number of nitrogen functional groups attached to an aromatic ring is 2. The number of aromatic nitrogens is 4. The minimum Gasteiger partial charge on any atom is -0.496 e. The first kappa shape index (κ1) is 36.7. The van der Waals surface area contributed by atoms with Crippen LogP contribution >= 0.6 is 11.8 Å². The third-order valence-electron chi connectivity index (χ3n) is 6.08. The molecule has 19 heteroatoms. The number of anilines is 2. The molecule has 0 fully saturated rings. The molecule has 0 bridgehead atoms. The highest BCUT2D eigenvalue weighted by Crippen LogP contribution is 2.34. The van der Waals surface area contributed by atoms with E-state index >= 15 is 0 Å². The van der Waals surface area contributed by atoms with E-state index in [1.54, 1.807) is 13.2 Å². The van der Waals surface area contributed by atoms with Crippen LogP contribution in [0.4, 0.5) is 38.0 Å². The fourth-order valence-corrected chi connectivity index (χ4v) is 4.70. The van der Waals surface area contributed by atoms with Crippen molar-refractivity contribution in [1.29, 1.82) is 0 Å². The summed E-state index contributed by atoms with van der Waals surface area (Å²) in [5, 5.41) is 0.294. The molecule has 0 spiro atoms. The molecule has 4 aromatic rings. The molecular formula is C28H24F6N6O5S2. The van der Waals surface area contributed by atoms with Gasteiger partial charge in [0.15, 0.2) is 22.6 Å². The second-order valence-corrected chi connectivity index (χ2v) is 11.3. The van der Waals surface area contributed by atoms with Gasteiger partial charge >= 0.3 is 6.18 Å². The number of ether oxygens (including phenoxy) is 2. The number of hydrogen-bond acceptors (Lipinski definition) is 12. The first-order chi connectivity index (χ1) is 22.1. The Labute approximate surface area is 269 Å². The molecule has 1 unspecified atom stereocenters. The Balaban J connectivity index is 0.000000256. The van der Waals surface area contributed by atoms with Gasteiger partial charge in [-0.2, -0.15) is 13.2 Å². The second kappa shape index (κ2) is 15.2. The molecule has 0 aliphatic rings. The molecule has 0 radical (unpaired) electrons. The molecule has 2 heterocycles. The molecule has 4 N–H and O–H groups in total. The van der Waals surface area contributed by atoms with Gasteiger partial charge < -0.3 is 20.9 Å². The summed E-state index contributed by atoms with van der Waals surface area (Å²) in [6.45, 7) is 1.64. The zero-order valence-electron chi connectivity index (χ0n) is 24.7. The van der Waals surface area contributed by atoms with E-state index in [4.69, 9.17) is 20.9 Å². The van der Waals surface area contributed by atoms with Crippen molar-refractivity contribution in [3.05, 3.63) is 81.9 Å². The second-order valence-electron chi connectivity index (χ2n) is 8.88. The summed E-state index contributed by atoms with van der Waals surface area (Å²) in [4.78, 5) is 40.3. The van der Waals surface area contributed by atoms with Gasteiger partial charge in [-0.15, -0.1) is 0 Å². The number of halogens is 6. The Morgan fingerprint density at radius 3 is 2.00 bits per heavy atom. The van der Waals surface area contributed by atoms with Crippen molar-refractivity contribution in [3.63, 3.8) is 0 Å². The van der Waals surface area contributed by atoms with E-state index in [1.165, 1.54) is 25.1 Å². The van der Waals surface area contributed by atoms with Crippen molar-refractivity contribution < 1.29 is 49.6 Å². The lowest BCUT2D eigenvalue weighted by Crippen LogP contribution is -2.14. The van der Waals surface area contributed by atoms with Gasteiger partial charge in [0.2, 0.25) is 16.7 Å². The third kappa shape index (κ3) is 8.15. The summed E-state index contributed by atoms with van der Waals surface area (Å²) in [5.74, 6) is -7.60. The van der Waals surface area contributed by atoms with E-state index in [9.17, 15) is 40.1 Å². The number of nitrogens with zero attached hydrogens (tertiary/aromatic N) is 4. The lowest BCUT2D eigenvalue weighted by Gasteiger charge is -2.12. The van der Waals surface area contributed by atoms with Gasteiger partial charge in [0.1, 0.15) is 28.7 Å². The van der Waals surface area contributed by atoms with Gasteiger partial charge in [-0.25, -0.2) is 33.1 Å². The third-order valence-corrected chi connectivity index (χ3v) is 7.77. The largest absolute Gasteiger partial charge is 0.496 e. The minimum atomic E-state index is -4.53. The summed E-state index contributed by atoms with van der Waals surface area (Å²) >= 11 is 1.25. The fraction of sp³-hybridized carbons (Fsp3) is 0.214. The van der Waals surface area contributed by atoms with E-state index in [0.29, 0.717) is 11.2 Å². The Kier molecular flexibility index (Phi) is 11.9. The zero-order chi connectivity index (χ0) is 35.2. The van der Waals surface area contributed by atoms with Gasteiger partial charge in [-0.1, -0.05) is 18.7 Å². The summed E-state index contributed by atoms with van der Waals surface area (Å²) in [5.41, 5.74) is 9.20. The highest BCUT2D eigenvalue weighted by atomic mass is 32.2. The van der Waals surface area contributed by atoms with Crippen LogP contribution in [0.3, 0.4) is 0 Å². The Hall–Kier alpha value is -4.78. The van der Waals surface area contributed by atoms with Gasteiger partial charge in [0.05, 0.1) is 47.3 Å². The maximum atomic E-state index is 14.0. The van der Waals surface area contributed by atoms with E-state index < -0.39 is 62.9 Å². The van der Waals surface area contributed by atoms with Crippen LogP contribution in [0, 0.1) is 17.5 Å². The Bertz CT molecular complexity index is 1860. The van der Waals surface area contributed by atoms with E-state index in [2.05, 4.69) is 19.9 Å². The zero-order valence-corrected chi connectivity index (χ0v) is 26.4. The standard InChI is InChI=1S/C14H12F3N3O3S.C14H12F3N3O2S/c1-3-24(22)14-19-5-6(13(18)20-14)12(21)9-8(23-2)4-7(15)10(16)11(9)17;1-22-10-5-7(14(15,16)17)3-4-8(10)11(21)9-6-19-13(23-2)20-12(9)18/h4-5H,3H2,1-2H3,(H2,18,19,20);3-6H,1-2H3,(H2,18,19,20). The van der Waals surface area contributed by atoms with Crippen molar-refractivity contribution in [2.24, 2.45) is 0 Å². The fourth-order valence-electron chi connectivity index (χ4n) is 3.72. The van der Waals surface area contributed by atoms with Crippen LogP contribution in [-0.4, -0.2) is 61.9 Å². The molecule has 0 saturated heterocycles. The van der Waals surface area contributed by atoms with Crippen LogP contribution in [0.25, 0.3) is 0 Å². The van der Waals surface area contributed by atoms with Crippen molar-refractivity contribution in [2.45, 2.75) is 23.4 Å². The molecule has 2 aromatic heterocycles. The number of hydrogen-bond donors (Lipinski definition) is 2. The first-order valence-corrected chi connectivity index (χ1v) is 15.4. The van der Waals surface area contributed by atoms with Gasteiger partial charge in [0.25, 0.3) is 0 Å². The van der Waals surface area contributed by atoms with Crippen molar-refractivity contribution in [3.8, 4) is 11.5 Å². The van der Waals surface area contributed by atoms with Gasteiger partial charge in [0, 0.05) is 24.2 Å². The predicted molar refractivity (Wildman–Crippen MR) is 159 cm³/mol. The number of rotatable bonds is 9. The number of ketones is 2. The number of thioether (sulfide) groups is 1. The van der Waals surface area contributed by atoms with Gasteiger partial charge in [-0.05, 0) is 24.5 Å². The molecule has 0 aliphatic heterocycles. The van der Waals surface area contributed by atoms with Crippen molar-refractivity contribution in [2.75, 3.05) is 37.7 Å². The molecule has 11 nitrogen and oxygen atoms in total. The molecule has 47 heavy (non-hydrogen) atoms. The van der Waals surface area contributed by atoms with E-state index in [-0.39, 0.29) is 45.0 Å². The molecule has 2 aromatic carbocycles. The summed E-state index contributed by atoms with van der Waals surface area (Å²) < 4.78 is 100. The number of carbonyl (C=O) groups excluding carboxylic acids is 2. The molecule has 0 aliphatic carbocycles. The maximum Gasteiger partial charge on any atom is 0.416 e. The quantitative estimate of drug-likeness (QED) is 0.0797. The minimum absolute atomic E-state index is 0.000795. The molecule has 4 rings (SSSR count). The maximum absolute atomic E-state index is 14.0. The van der Waals surface area contributed by atoms with Crippen LogP contribution < -0.4 is 20.9 Å². The summed E-state index contributed by atoms with van der Waals surface area (Å²) in [7, 11) is 0.744. The highest BCUT2D eigenvalue weighted by molar-refractivity contribution is 7.98. The monoisotopic (exact) mass is 702 g/mol. The Morgan fingerprint density at radius 2 is 1.47 bits per heavy atom. The molecule has 0 amide bonds. The van der Waals surface area contributed by atoms with Crippen molar-refractivity contribution >= 4 is 45.8 Å². The van der Waals surface area contributed by atoms with Crippen molar-refractivity contribution in [1.82, 2.24) is 19.9 Å². The normalized spacial score (nSPS) is 11.7.